The molecule has 0 spiro atoms. The molecule has 0 radical (unpaired) electrons. The third-order valence-corrected chi connectivity index (χ3v) is 4.81. The fraction of sp³-hybridized carbons (Fsp3) is 0.500. The Morgan fingerprint density at radius 1 is 1.47 bits per heavy atom. The molecule has 0 amide bonds. The highest BCUT2D eigenvalue weighted by molar-refractivity contribution is 7.89. The van der Waals surface area contributed by atoms with Crippen LogP contribution < -0.4 is 5.73 Å². The van der Waals surface area contributed by atoms with Crippen molar-refractivity contribution in [1.29, 1.82) is 0 Å². The van der Waals surface area contributed by atoms with Crippen LogP contribution in [0.5, 0.6) is 0 Å². The molecule has 108 valence electrons. The summed E-state index contributed by atoms with van der Waals surface area (Å²) >= 11 is 0. The molecular formula is C12H20N2O4S. The quantitative estimate of drug-likeness (QED) is 0.730. The Bertz CT molecular complexity index is 531. The van der Waals surface area contributed by atoms with E-state index in [0.717, 1.165) is 4.31 Å². The lowest BCUT2D eigenvalue weighted by Crippen LogP contribution is -2.36. The molecule has 7 heteroatoms. The molecule has 1 atom stereocenters. The summed E-state index contributed by atoms with van der Waals surface area (Å²) in [5.74, 6) is 0. The summed E-state index contributed by atoms with van der Waals surface area (Å²) in [6.07, 6.45) is -0.869. The molecule has 0 aliphatic rings. The molecule has 0 aliphatic heterocycles. The van der Waals surface area contributed by atoms with E-state index in [9.17, 15) is 13.5 Å². The number of nitrogens with zero attached hydrogens (tertiary/aromatic N) is 1. The van der Waals surface area contributed by atoms with Gasteiger partial charge in [0.2, 0.25) is 10.0 Å². The van der Waals surface area contributed by atoms with Gasteiger partial charge in [0, 0.05) is 26.4 Å². The van der Waals surface area contributed by atoms with Crippen molar-refractivity contribution in [3.8, 4) is 0 Å². The number of anilines is 1. The van der Waals surface area contributed by atoms with Crippen LogP contribution in [0.3, 0.4) is 0 Å². The fourth-order valence-electron chi connectivity index (χ4n) is 1.72. The summed E-state index contributed by atoms with van der Waals surface area (Å²) in [5.41, 5.74) is 6.65. The number of ether oxygens (including phenoxy) is 1. The summed E-state index contributed by atoms with van der Waals surface area (Å²) in [5, 5.41) is 9.60. The minimum Gasteiger partial charge on any atom is -0.398 e. The van der Waals surface area contributed by atoms with E-state index < -0.39 is 16.1 Å². The van der Waals surface area contributed by atoms with Gasteiger partial charge in [0.25, 0.3) is 0 Å². The summed E-state index contributed by atoms with van der Waals surface area (Å²) in [4.78, 5) is 0.152. The minimum atomic E-state index is -3.67. The first-order valence-electron chi connectivity index (χ1n) is 5.79. The second-order valence-electron chi connectivity index (χ2n) is 4.37. The number of sulfonamides is 1. The first-order valence-corrected chi connectivity index (χ1v) is 7.23. The number of aliphatic hydroxyl groups is 1. The molecule has 6 nitrogen and oxygen atoms in total. The van der Waals surface area contributed by atoms with Crippen LogP contribution in [-0.2, 0) is 14.8 Å². The predicted molar refractivity (Wildman–Crippen MR) is 73.3 cm³/mol. The topological polar surface area (TPSA) is 92.9 Å². The molecule has 0 aromatic heterocycles. The molecule has 1 aromatic rings. The lowest BCUT2D eigenvalue weighted by atomic mass is 10.2. The average Bonchev–Trinajstić information content (AvgIpc) is 2.32. The number of hydrogen-bond acceptors (Lipinski definition) is 5. The van der Waals surface area contributed by atoms with Crippen LogP contribution in [-0.4, -0.2) is 51.2 Å². The van der Waals surface area contributed by atoms with E-state index in [0.29, 0.717) is 11.3 Å². The standard InChI is InChI=1S/C12H20N2O4S/c1-9-11(13)5-4-6-12(9)19(16,17)14(2)7-10(15)8-18-3/h4-6,10,15H,7-8,13H2,1-3H3. The van der Waals surface area contributed by atoms with Crippen molar-refractivity contribution < 1.29 is 18.3 Å². The van der Waals surface area contributed by atoms with Gasteiger partial charge in [-0.2, -0.15) is 4.31 Å². The number of aliphatic hydroxyl groups excluding tert-OH is 1. The lowest BCUT2D eigenvalue weighted by Gasteiger charge is -2.21. The first-order chi connectivity index (χ1) is 8.80. The monoisotopic (exact) mass is 288 g/mol. The summed E-state index contributed by atoms with van der Waals surface area (Å²) in [6, 6.07) is 4.74. The Labute approximate surface area is 113 Å². The zero-order chi connectivity index (χ0) is 14.6. The van der Waals surface area contributed by atoms with Crippen LogP contribution in [0.1, 0.15) is 5.56 Å². The molecule has 19 heavy (non-hydrogen) atoms. The smallest absolute Gasteiger partial charge is 0.243 e. The predicted octanol–water partition coefficient (Wildman–Crippen LogP) is 0.205. The van der Waals surface area contributed by atoms with E-state index in [1.54, 1.807) is 19.1 Å². The Morgan fingerprint density at radius 2 is 2.11 bits per heavy atom. The van der Waals surface area contributed by atoms with Crippen LogP contribution in [0.4, 0.5) is 5.69 Å². The van der Waals surface area contributed by atoms with Crippen molar-refractivity contribution in [3.05, 3.63) is 23.8 Å². The van der Waals surface area contributed by atoms with Gasteiger partial charge in [-0.25, -0.2) is 8.42 Å². The third-order valence-electron chi connectivity index (χ3n) is 2.84. The van der Waals surface area contributed by atoms with E-state index in [-0.39, 0.29) is 18.0 Å². The van der Waals surface area contributed by atoms with Crippen LogP contribution in [0, 0.1) is 6.92 Å². The van der Waals surface area contributed by atoms with Crippen LogP contribution in [0.25, 0.3) is 0 Å². The van der Waals surface area contributed by atoms with Gasteiger partial charge in [0.15, 0.2) is 0 Å². The Kier molecular flexibility index (Phi) is 5.30. The van der Waals surface area contributed by atoms with Gasteiger partial charge in [-0.1, -0.05) is 6.07 Å². The van der Waals surface area contributed by atoms with Gasteiger partial charge >= 0.3 is 0 Å². The van der Waals surface area contributed by atoms with Gasteiger partial charge in [-0.15, -0.1) is 0 Å². The van der Waals surface area contributed by atoms with Gasteiger partial charge in [0.1, 0.15) is 0 Å². The van der Waals surface area contributed by atoms with Crippen molar-refractivity contribution >= 4 is 15.7 Å². The van der Waals surface area contributed by atoms with Crippen molar-refractivity contribution in [2.75, 3.05) is 33.0 Å². The SMILES string of the molecule is COCC(O)CN(C)S(=O)(=O)c1cccc(N)c1C. The summed E-state index contributed by atoms with van der Waals surface area (Å²) in [7, 11) is -0.810. The first kappa shape index (κ1) is 15.9. The number of likely N-dealkylation sites (N-methyl/N-ethyl adjacent to an activating group) is 1. The fourth-order valence-corrected chi connectivity index (χ4v) is 3.18. The van der Waals surface area contributed by atoms with Crippen molar-refractivity contribution in [3.63, 3.8) is 0 Å². The maximum Gasteiger partial charge on any atom is 0.243 e. The van der Waals surface area contributed by atoms with E-state index in [1.165, 1.54) is 20.2 Å². The van der Waals surface area contributed by atoms with E-state index in [2.05, 4.69) is 0 Å². The number of benzene rings is 1. The van der Waals surface area contributed by atoms with Gasteiger partial charge in [-0.05, 0) is 24.6 Å². The Morgan fingerprint density at radius 3 is 2.68 bits per heavy atom. The maximum absolute atomic E-state index is 12.4. The zero-order valence-corrected chi connectivity index (χ0v) is 12.1. The molecular weight excluding hydrogens is 268 g/mol. The Hall–Kier alpha value is -1.15. The van der Waals surface area contributed by atoms with Crippen molar-refractivity contribution in [1.82, 2.24) is 4.31 Å². The number of hydrogen-bond donors (Lipinski definition) is 2. The highest BCUT2D eigenvalue weighted by atomic mass is 32.2. The van der Waals surface area contributed by atoms with Crippen LogP contribution in [0.15, 0.2) is 23.1 Å². The van der Waals surface area contributed by atoms with Crippen molar-refractivity contribution in [2.45, 2.75) is 17.9 Å². The maximum atomic E-state index is 12.4. The van der Waals surface area contributed by atoms with Crippen LogP contribution >= 0.6 is 0 Å². The number of nitrogens with two attached hydrogens (primary N) is 1. The number of methoxy groups -OCH3 is 1. The summed E-state index contributed by atoms with van der Waals surface area (Å²) < 4.78 is 30.6. The molecule has 0 saturated carbocycles. The molecule has 0 heterocycles. The lowest BCUT2D eigenvalue weighted by molar-refractivity contribution is 0.0554. The van der Waals surface area contributed by atoms with E-state index in [4.69, 9.17) is 10.5 Å². The molecule has 1 aromatic carbocycles. The highest BCUT2D eigenvalue weighted by Crippen LogP contribution is 2.23. The normalized spacial score (nSPS) is 13.7. The Balaban J connectivity index is 3.00. The number of nitrogen functional groups attached to an aromatic ring is 1. The molecule has 0 aliphatic carbocycles. The van der Waals surface area contributed by atoms with Gasteiger partial charge in [-0.3, -0.25) is 0 Å². The second-order valence-corrected chi connectivity index (χ2v) is 6.38. The molecule has 3 N–H and O–H groups in total. The molecule has 0 bridgehead atoms. The van der Waals surface area contributed by atoms with E-state index >= 15 is 0 Å². The minimum absolute atomic E-state index is 0.0373. The molecule has 0 fully saturated rings. The van der Waals surface area contributed by atoms with Crippen LogP contribution in [0.2, 0.25) is 0 Å². The van der Waals surface area contributed by atoms with Crippen molar-refractivity contribution in [2.24, 2.45) is 0 Å². The van der Waals surface area contributed by atoms with E-state index in [1.807, 2.05) is 0 Å². The van der Waals surface area contributed by atoms with Gasteiger partial charge in [0.05, 0.1) is 17.6 Å². The highest BCUT2D eigenvalue weighted by Gasteiger charge is 2.25. The molecule has 1 unspecified atom stereocenters. The number of rotatable bonds is 6. The summed E-state index contributed by atoms with van der Waals surface area (Å²) in [6.45, 7) is 1.70. The van der Waals surface area contributed by atoms with Gasteiger partial charge < -0.3 is 15.6 Å². The zero-order valence-electron chi connectivity index (χ0n) is 11.3. The molecule has 1 rings (SSSR count). The largest absolute Gasteiger partial charge is 0.398 e. The molecule has 0 saturated heterocycles. The average molecular weight is 288 g/mol. The second kappa shape index (κ2) is 6.33. The third kappa shape index (κ3) is 3.66.